The van der Waals surface area contributed by atoms with Gasteiger partial charge in [-0.3, -0.25) is 9.59 Å². The standard InChI is InChI=1S/C20H20N2O5.ClH/c23-18(24)11-17-19(25)22(9-8-13-4-2-1-3-5-13)12-15-7-6-14(20(26)27)10-16(15)21-17;/h1-7,10,17,21H,8-9,11-12H2,(H,23,24)(H,26,27);1H. The number of nitrogens with one attached hydrogen (secondary N) is 1. The van der Waals surface area contributed by atoms with Crippen LogP contribution in [0.4, 0.5) is 5.69 Å². The quantitative estimate of drug-likeness (QED) is 0.683. The zero-order valence-electron chi connectivity index (χ0n) is 15.0. The maximum Gasteiger partial charge on any atom is 0.335 e. The summed E-state index contributed by atoms with van der Waals surface area (Å²) in [4.78, 5) is 36.9. The predicted octanol–water partition coefficient (Wildman–Crippen LogP) is 2.65. The lowest BCUT2D eigenvalue weighted by Gasteiger charge is -2.24. The number of aliphatic carboxylic acids is 1. The van der Waals surface area contributed by atoms with Gasteiger partial charge < -0.3 is 20.4 Å². The average Bonchev–Trinajstić information content (AvgIpc) is 2.77. The molecule has 1 aliphatic heterocycles. The van der Waals surface area contributed by atoms with Crippen LogP contribution in [0.1, 0.15) is 27.9 Å². The van der Waals surface area contributed by atoms with Gasteiger partial charge >= 0.3 is 11.9 Å². The first-order valence-electron chi connectivity index (χ1n) is 8.61. The van der Waals surface area contributed by atoms with Gasteiger partial charge in [0.1, 0.15) is 6.04 Å². The van der Waals surface area contributed by atoms with Crippen LogP contribution in [0.25, 0.3) is 0 Å². The Hall–Kier alpha value is -3.06. The minimum absolute atomic E-state index is 0. The molecule has 8 heteroatoms. The molecule has 7 nitrogen and oxygen atoms in total. The van der Waals surface area contributed by atoms with Gasteiger partial charge in [0.25, 0.3) is 0 Å². The van der Waals surface area contributed by atoms with Crippen LogP contribution >= 0.6 is 12.4 Å². The first-order chi connectivity index (χ1) is 12.9. The number of rotatable bonds is 6. The molecule has 0 saturated carbocycles. The van der Waals surface area contributed by atoms with Crippen LogP contribution in [0, 0.1) is 0 Å². The Balaban J connectivity index is 0.00000280. The van der Waals surface area contributed by atoms with Gasteiger partial charge in [-0.15, -0.1) is 12.4 Å². The number of carbonyl (C=O) groups is 3. The highest BCUT2D eigenvalue weighted by Crippen LogP contribution is 2.26. The number of anilines is 1. The summed E-state index contributed by atoms with van der Waals surface area (Å²) in [5, 5.41) is 21.3. The molecule has 1 unspecified atom stereocenters. The molecule has 2 aromatic carbocycles. The average molecular weight is 405 g/mol. The molecule has 0 spiro atoms. The molecule has 0 aromatic heterocycles. The molecule has 0 aliphatic carbocycles. The SMILES string of the molecule is Cl.O=C(O)CC1Nc2cc(C(=O)O)ccc2CN(CCc2ccccc2)C1=O. The number of hydrogen-bond donors (Lipinski definition) is 3. The van der Waals surface area contributed by atoms with E-state index in [1.165, 1.54) is 12.1 Å². The van der Waals surface area contributed by atoms with Crippen LogP contribution in [0.15, 0.2) is 48.5 Å². The lowest BCUT2D eigenvalue weighted by atomic mass is 10.1. The summed E-state index contributed by atoms with van der Waals surface area (Å²) < 4.78 is 0. The van der Waals surface area contributed by atoms with Crippen molar-refractivity contribution in [3.8, 4) is 0 Å². The molecule has 2 aromatic rings. The summed E-state index contributed by atoms with van der Waals surface area (Å²) in [6.07, 6.45) is 0.270. The van der Waals surface area contributed by atoms with Gasteiger partial charge in [-0.05, 0) is 29.7 Å². The smallest absolute Gasteiger partial charge is 0.335 e. The number of amides is 1. The van der Waals surface area contributed by atoms with Gasteiger partial charge in [0.15, 0.2) is 0 Å². The van der Waals surface area contributed by atoms with Gasteiger partial charge in [0.05, 0.1) is 12.0 Å². The van der Waals surface area contributed by atoms with E-state index in [1.54, 1.807) is 11.0 Å². The Morgan fingerprint density at radius 3 is 2.46 bits per heavy atom. The minimum atomic E-state index is -1.10. The number of carboxylic acids is 2. The molecule has 3 rings (SSSR count). The molecule has 3 N–H and O–H groups in total. The molecule has 1 aliphatic rings. The third-order valence-corrected chi connectivity index (χ3v) is 4.55. The third kappa shape index (κ3) is 5.01. The van der Waals surface area contributed by atoms with Crippen molar-refractivity contribution in [2.24, 2.45) is 0 Å². The molecule has 28 heavy (non-hydrogen) atoms. The molecular weight excluding hydrogens is 384 g/mol. The van der Waals surface area contributed by atoms with Crippen LogP contribution in [0.3, 0.4) is 0 Å². The van der Waals surface area contributed by atoms with Crippen molar-refractivity contribution in [1.82, 2.24) is 4.90 Å². The second-order valence-corrected chi connectivity index (χ2v) is 6.47. The van der Waals surface area contributed by atoms with Crippen molar-refractivity contribution in [2.45, 2.75) is 25.4 Å². The lowest BCUT2D eigenvalue weighted by Crippen LogP contribution is -2.42. The fourth-order valence-electron chi connectivity index (χ4n) is 3.15. The van der Waals surface area contributed by atoms with E-state index in [0.29, 0.717) is 25.2 Å². The Bertz CT molecular complexity index is 872. The van der Waals surface area contributed by atoms with Gasteiger partial charge in [-0.1, -0.05) is 36.4 Å². The Morgan fingerprint density at radius 1 is 1.11 bits per heavy atom. The number of benzene rings is 2. The molecule has 0 fully saturated rings. The monoisotopic (exact) mass is 404 g/mol. The van der Waals surface area contributed by atoms with Crippen molar-refractivity contribution in [3.05, 3.63) is 65.2 Å². The minimum Gasteiger partial charge on any atom is -0.481 e. The Labute approximate surface area is 168 Å². The number of hydrogen-bond acceptors (Lipinski definition) is 4. The highest BCUT2D eigenvalue weighted by molar-refractivity contribution is 5.92. The van der Waals surface area contributed by atoms with Crippen LogP contribution < -0.4 is 5.32 Å². The largest absolute Gasteiger partial charge is 0.481 e. The molecular formula is C20H21ClN2O5. The topological polar surface area (TPSA) is 107 Å². The first kappa shape index (κ1) is 21.2. The number of nitrogens with zero attached hydrogens (tertiary/aromatic N) is 1. The number of fused-ring (bicyclic) bond motifs is 1. The summed E-state index contributed by atoms with van der Waals surface area (Å²) >= 11 is 0. The zero-order chi connectivity index (χ0) is 19.4. The Morgan fingerprint density at radius 2 is 1.82 bits per heavy atom. The normalized spacial score (nSPS) is 15.6. The second kappa shape index (κ2) is 9.23. The number of aromatic carboxylic acids is 1. The zero-order valence-corrected chi connectivity index (χ0v) is 15.8. The summed E-state index contributed by atoms with van der Waals surface area (Å²) in [6, 6.07) is 13.4. The number of carbonyl (C=O) groups excluding carboxylic acids is 1. The molecule has 148 valence electrons. The second-order valence-electron chi connectivity index (χ2n) is 6.47. The van der Waals surface area contributed by atoms with E-state index < -0.39 is 18.0 Å². The van der Waals surface area contributed by atoms with Crippen LogP contribution in [-0.2, 0) is 22.6 Å². The van der Waals surface area contributed by atoms with E-state index in [1.807, 2.05) is 30.3 Å². The van der Waals surface area contributed by atoms with E-state index in [9.17, 15) is 19.5 Å². The maximum atomic E-state index is 12.9. The van der Waals surface area contributed by atoms with Gasteiger partial charge in [0, 0.05) is 18.8 Å². The summed E-state index contributed by atoms with van der Waals surface area (Å²) in [7, 11) is 0. The van der Waals surface area contributed by atoms with Crippen LogP contribution in [-0.4, -0.2) is 45.5 Å². The van der Waals surface area contributed by atoms with Gasteiger partial charge in [-0.25, -0.2) is 4.79 Å². The van der Waals surface area contributed by atoms with E-state index in [-0.39, 0.29) is 30.3 Å². The van der Waals surface area contributed by atoms with Crippen LogP contribution in [0.5, 0.6) is 0 Å². The summed E-state index contributed by atoms with van der Waals surface area (Å²) in [6.45, 7) is 0.741. The number of halogens is 1. The highest BCUT2D eigenvalue weighted by atomic mass is 35.5. The fourth-order valence-corrected chi connectivity index (χ4v) is 3.15. The Kier molecular flexibility index (Phi) is 7.00. The molecule has 1 atom stereocenters. The molecule has 1 heterocycles. The van der Waals surface area contributed by atoms with Crippen molar-refractivity contribution in [3.63, 3.8) is 0 Å². The molecule has 0 saturated heterocycles. The van der Waals surface area contributed by atoms with Crippen molar-refractivity contribution >= 4 is 35.9 Å². The summed E-state index contributed by atoms with van der Waals surface area (Å²) in [5.41, 5.74) is 2.41. The fraction of sp³-hybridized carbons (Fsp3) is 0.250. The molecule has 0 bridgehead atoms. The van der Waals surface area contributed by atoms with Gasteiger partial charge in [-0.2, -0.15) is 0 Å². The van der Waals surface area contributed by atoms with Gasteiger partial charge in [0.2, 0.25) is 5.91 Å². The number of carboxylic acid groups (broad SMARTS) is 2. The third-order valence-electron chi connectivity index (χ3n) is 4.55. The van der Waals surface area contributed by atoms with Crippen molar-refractivity contribution in [1.29, 1.82) is 0 Å². The van der Waals surface area contributed by atoms with E-state index in [0.717, 1.165) is 11.1 Å². The van der Waals surface area contributed by atoms with Crippen molar-refractivity contribution < 1.29 is 24.6 Å². The highest BCUT2D eigenvalue weighted by Gasteiger charge is 2.31. The lowest BCUT2D eigenvalue weighted by molar-refractivity contribution is -0.141. The maximum absolute atomic E-state index is 12.9. The molecule has 0 radical (unpaired) electrons. The van der Waals surface area contributed by atoms with E-state index >= 15 is 0 Å². The van der Waals surface area contributed by atoms with Crippen molar-refractivity contribution in [2.75, 3.05) is 11.9 Å². The predicted molar refractivity (Wildman–Crippen MR) is 106 cm³/mol. The molecule has 1 amide bonds. The van der Waals surface area contributed by atoms with Crippen LogP contribution in [0.2, 0.25) is 0 Å². The van der Waals surface area contributed by atoms with E-state index in [4.69, 9.17) is 5.11 Å². The first-order valence-corrected chi connectivity index (χ1v) is 8.61. The van der Waals surface area contributed by atoms with E-state index in [2.05, 4.69) is 5.32 Å². The summed E-state index contributed by atoms with van der Waals surface area (Å²) in [5.74, 6) is -2.48.